The van der Waals surface area contributed by atoms with E-state index in [9.17, 15) is 0 Å². The maximum Gasteiger partial charge on any atom is 0.0207 e. The normalized spacial score (nSPS) is 16.0. The average Bonchev–Trinajstić information content (AvgIpc) is 3.18. The molecule has 21 heavy (non-hydrogen) atoms. The van der Waals surface area contributed by atoms with E-state index in [2.05, 4.69) is 62.3 Å². The van der Waals surface area contributed by atoms with Crippen LogP contribution in [0, 0.1) is 5.92 Å². The van der Waals surface area contributed by atoms with Crippen LogP contribution >= 0.6 is 27.3 Å². The fraction of sp³-hybridized carbons (Fsp3) is 0.444. The van der Waals surface area contributed by atoms with E-state index in [-0.39, 0.29) is 0 Å². The number of halogens is 1. The molecule has 112 valence electrons. The van der Waals surface area contributed by atoms with E-state index in [1.165, 1.54) is 41.3 Å². The molecule has 1 aromatic carbocycles. The molecule has 0 saturated heterocycles. The first kappa shape index (κ1) is 15.3. The highest BCUT2D eigenvalue weighted by molar-refractivity contribution is 9.10. The van der Waals surface area contributed by atoms with Gasteiger partial charge in [0.25, 0.3) is 0 Å². The molecule has 0 radical (unpaired) electrons. The van der Waals surface area contributed by atoms with Crippen LogP contribution in [0.3, 0.4) is 0 Å². The first-order valence-electron chi connectivity index (χ1n) is 7.79. The van der Waals surface area contributed by atoms with Gasteiger partial charge in [0.15, 0.2) is 0 Å². The Morgan fingerprint density at radius 1 is 1.24 bits per heavy atom. The highest BCUT2D eigenvalue weighted by atomic mass is 79.9. The van der Waals surface area contributed by atoms with Gasteiger partial charge in [-0.05, 0) is 78.6 Å². The maximum atomic E-state index is 3.71. The Hall–Kier alpha value is -0.640. The van der Waals surface area contributed by atoms with Crippen LogP contribution in [-0.4, -0.2) is 12.6 Å². The van der Waals surface area contributed by atoms with Crippen molar-refractivity contribution >= 4 is 27.3 Å². The van der Waals surface area contributed by atoms with Crippen LogP contribution in [0.15, 0.2) is 45.6 Å². The maximum absolute atomic E-state index is 3.71. The largest absolute Gasteiger partial charge is 0.314 e. The Labute approximate surface area is 139 Å². The Kier molecular flexibility index (Phi) is 5.50. The van der Waals surface area contributed by atoms with Crippen LogP contribution in [0.25, 0.3) is 0 Å². The van der Waals surface area contributed by atoms with Gasteiger partial charge in [-0.25, -0.2) is 0 Å². The molecule has 0 bridgehead atoms. The fourth-order valence-corrected chi connectivity index (χ4v) is 3.83. The van der Waals surface area contributed by atoms with Gasteiger partial charge >= 0.3 is 0 Å². The van der Waals surface area contributed by atoms with Gasteiger partial charge in [0.2, 0.25) is 0 Å². The molecule has 0 amide bonds. The van der Waals surface area contributed by atoms with E-state index in [1.54, 1.807) is 11.3 Å². The molecule has 0 aliphatic heterocycles. The second-order valence-electron chi connectivity index (χ2n) is 6.01. The molecule has 0 spiro atoms. The molecule has 3 heteroatoms. The summed E-state index contributed by atoms with van der Waals surface area (Å²) in [6.07, 6.45) is 6.35. The molecule has 1 aliphatic rings. The Bertz CT molecular complexity index is 548. The van der Waals surface area contributed by atoms with Crippen LogP contribution in [0.1, 0.15) is 30.4 Å². The molecule has 1 N–H and O–H groups in total. The molecule has 1 unspecified atom stereocenters. The Balaban J connectivity index is 1.58. The van der Waals surface area contributed by atoms with Crippen LogP contribution in [0.2, 0.25) is 0 Å². The molecule has 1 heterocycles. The third-order valence-electron chi connectivity index (χ3n) is 4.16. The van der Waals surface area contributed by atoms with Gasteiger partial charge in [-0.15, -0.1) is 0 Å². The number of hydrogen-bond donors (Lipinski definition) is 1. The van der Waals surface area contributed by atoms with E-state index in [4.69, 9.17) is 0 Å². The number of benzene rings is 1. The van der Waals surface area contributed by atoms with E-state index >= 15 is 0 Å². The minimum absolute atomic E-state index is 0.712. The smallest absolute Gasteiger partial charge is 0.0207 e. The van der Waals surface area contributed by atoms with Gasteiger partial charge in [-0.1, -0.05) is 34.1 Å². The number of rotatable bonds is 8. The molecule has 1 saturated carbocycles. The van der Waals surface area contributed by atoms with Crippen molar-refractivity contribution in [3.05, 3.63) is 56.7 Å². The summed E-state index contributed by atoms with van der Waals surface area (Å²) in [5, 5.41) is 8.18. The summed E-state index contributed by atoms with van der Waals surface area (Å²) in [4.78, 5) is 0. The predicted octanol–water partition coefficient (Wildman–Crippen LogP) is 5.05. The SMILES string of the molecule is Brc1ccccc1CC(CCc1ccsc1)CNC1CC1. The lowest BCUT2D eigenvalue weighted by atomic mass is 9.93. The van der Waals surface area contributed by atoms with Crippen LogP contribution < -0.4 is 5.32 Å². The van der Waals surface area contributed by atoms with Crippen molar-refractivity contribution in [1.82, 2.24) is 5.32 Å². The number of nitrogens with one attached hydrogen (secondary N) is 1. The van der Waals surface area contributed by atoms with Gasteiger partial charge in [-0.3, -0.25) is 0 Å². The molecule has 2 aromatic rings. The quantitative estimate of drug-likeness (QED) is 0.691. The second kappa shape index (κ2) is 7.57. The average molecular weight is 364 g/mol. The lowest BCUT2D eigenvalue weighted by molar-refractivity contribution is 0.441. The first-order valence-corrected chi connectivity index (χ1v) is 9.52. The zero-order valence-electron chi connectivity index (χ0n) is 12.2. The van der Waals surface area contributed by atoms with Crippen molar-refractivity contribution in [1.29, 1.82) is 0 Å². The zero-order chi connectivity index (χ0) is 14.5. The van der Waals surface area contributed by atoms with Crippen LogP contribution in [-0.2, 0) is 12.8 Å². The Morgan fingerprint density at radius 2 is 2.10 bits per heavy atom. The summed E-state index contributed by atoms with van der Waals surface area (Å²) in [6, 6.07) is 11.7. The van der Waals surface area contributed by atoms with E-state index in [1.807, 2.05) is 0 Å². The molecule has 1 nitrogen and oxygen atoms in total. The van der Waals surface area contributed by atoms with E-state index < -0.39 is 0 Å². The third kappa shape index (κ3) is 4.94. The van der Waals surface area contributed by atoms with Crippen molar-refractivity contribution in [2.24, 2.45) is 5.92 Å². The summed E-state index contributed by atoms with van der Waals surface area (Å²) < 4.78 is 1.25. The number of thiophene rings is 1. The highest BCUT2D eigenvalue weighted by Gasteiger charge is 2.22. The third-order valence-corrected chi connectivity index (χ3v) is 5.67. The van der Waals surface area contributed by atoms with Crippen molar-refractivity contribution in [2.75, 3.05) is 6.54 Å². The minimum Gasteiger partial charge on any atom is -0.314 e. The van der Waals surface area contributed by atoms with Crippen LogP contribution in [0.5, 0.6) is 0 Å². The van der Waals surface area contributed by atoms with Crippen molar-refractivity contribution in [2.45, 2.75) is 38.1 Å². The lowest BCUT2D eigenvalue weighted by Gasteiger charge is -2.18. The molecular formula is C18H22BrNS. The lowest BCUT2D eigenvalue weighted by Crippen LogP contribution is -2.26. The van der Waals surface area contributed by atoms with Crippen molar-refractivity contribution < 1.29 is 0 Å². The second-order valence-corrected chi connectivity index (χ2v) is 7.65. The van der Waals surface area contributed by atoms with Gasteiger partial charge in [-0.2, -0.15) is 11.3 Å². The topological polar surface area (TPSA) is 12.0 Å². The molecule has 3 rings (SSSR count). The van der Waals surface area contributed by atoms with Crippen molar-refractivity contribution in [3.63, 3.8) is 0 Å². The fourth-order valence-electron chi connectivity index (χ4n) is 2.68. The first-order chi connectivity index (χ1) is 10.3. The monoisotopic (exact) mass is 363 g/mol. The van der Waals surface area contributed by atoms with Crippen LogP contribution in [0.4, 0.5) is 0 Å². The zero-order valence-corrected chi connectivity index (χ0v) is 14.6. The predicted molar refractivity (Wildman–Crippen MR) is 95.0 cm³/mol. The molecule has 1 atom stereocenters. The molecule has 1 aliphatic carbocycles. The standard InChI is InChI=1S/C18H22BrNS/c19-18-4-2-1-3-16(18)11-15(12-20-17-7-8-17)6-5-14-9-10-21-13-14/h1-4,9-10,13,15,17,20H,5-8,11-12H2. The summed E-state index contributed by atoms with van der Waals surface area (Å²) >= 11 is 5.49. The van der Waals surface area contributed by atoms with Crippen molar-refractivity contribution in [3.8, 4) is 0 Å². The molecule has 1 fully saturated rings. The number of hydrogen-bond acceptors (Lipinski definition) is 2. The van der Waals surface area contributed by atoms with Gasteiger partial charge in [0, 0.05) is 10.5 Å². The molecule has 1 aromatic heterocycles. The van der Waals surface area contributed by atoms with E-state index in [0.29, 0.717) is 5.92 Å². The summed E-state index contributed by atoms with van der Waals surface area (Å²) in [5.74, 6) is 0.712. The minimum atomic E-state index is 0.712. The van der Waals surface area contributed by atoms with E-state index in [0.717, 1.165) is 19.0 Å². The van der Waals surface area contributed by atoms with Gasteiger partial charge < -0.3 is 5.32 Å². The summed E-state index contributed by atoms with van der Waals surface area (Å²) in [6.45, 7) is 1.15. The highest BCUT2D eigenvalue weighted by Crippen LogP contribution is 2.24. The summed E-state index contributed by atoms with van der Waals surface area (Å²) in [7, 11) is 0. The van der Waals surface area contributed by atoms with Gasteiger partial charge in [0.05, 0.1) is 0 Å². The number of aryl methyl sites for hydroxylation is 1. The molecular weight excluding hydrogens is 342 g/mol. The summed E-state index contributed by atoms with van der Waals surface area (Å²) in [5.41, 5.74) is 2.92. The Morgan fingerprint density at radius 3 is 2.81 bits per heavy atom. The van der Waals surface area contributed by atoms with Gasteiger partial charge in [0.1, 0.15) is 0 Å².